The minimum absolute atomic E-state index is 0.296. The van der Waals surface area contributed by atoms with Crippen LogP contribution in [0.25, 0.3) is 0 Å². The maximum absolute atomic E-state index is 12.1. The van der Waals surface area contributed by atoms with Gasteiger partial charge in [0, 0.05) is 11.8 Å². The molecule has 0 saturated heterocycles. The van der Waals surface area contributed by atoms with Crippen molar-refractivity contribution in [3.63, 3.8) is 0 Å². The van der Waals surface area contributed by atoms with Crippen molar-refractivity contribution in [3.05, 3.63) is 18.0 Å². The van der Waals surface area contributed by atoms with Gasteiger partial charge in [0.1, 0.15) is 0 Å². The third-order valence-electron chi connectivity index (χ3n) is 1.61. The topological polar surface area (TPSA) is 48.9 Å². The fourth-order valence-electron chi connectivity index (χ4n) is 0.681. The van der Waals surface area contributed by atoms with E-state index in [0.29, 0.717) is 6.92 Å². The van der Waals surface area contributed by atoms with E-state index in [0.717, 1.165) is 12.4 Å². The second-order valence-electron chi connectivity index (χ2n) is 2.56. The molecule has 0 aliphatic rings. The summed E-state index contributed by atoms with van der Waals surface area (Å²) in [6, 6.07) is 0. The standard InChI is InChI=1S/C6H7F3N2O/c1-5(12,6(7,8)9)4-2-10-11-3-4/h2-3,12H,1H3,(H,10,11). The van der Waals surface area contributed by atoms with Crippen LogP contribution in [0.5, 0.6) is 0 Å². The molecule has 0 fully saturated rings. The van der Waals surface area contributed by atoms with Crippen LogP contribution in [-0.2, 0) is 5.60 Å². The van der Waals surface area contributed by atoms with E-state index in [9.17, 15) is 13.2 Å². The molecule has 6 heteroatoms. The monoisotopic (exact) mass is 180 g/mol. The summed E-state index contributed by atoms with van der Waals surface area (Å²) in [5.41, 5.74) is -3.13. The average molecular weight is 180 g/mol. The first kappa shape index (κ1) is 9.05. The zero-order valence-corrected chi connectivity index (χ0v) is 6.18. The number of aliphatic hydroxyl groups is 1. The molecule has 1 aromatic rings. The van der Waals surface area contributed by atoms with Crippen LogP contribution in [0.1, 0.15) is 12.5 Å². The summed E-state index contributed by atoms with van der Waals surface area (Å²) in [7, 11) is 0. The molecule has 0 radical (unpaired) electrons. The van der Waals surface area contributed by atoms with E-state index in [1.165, 1.54) is 0 Å². The lowest BCUT2D eigenvalue weighted by atomic mass is 9.99. The van der Waals surface area contributed by atoms with Crippen LogP contribution in [-0.4, -0.2) is 21.5 Å². The molecule has 1 heterocycles. The molecule has 3 nitrogen and oxygen atoms in total. The number of aromatic nitrogens is 2. The molecule has 1 unspecified atom stereocenters. The van der Waals surface area contributed by atoms with Crippen molar-refractivity contribution in [1.29, 1.82) is 0 Å². The van der Waals surface area contributed by atoms with E-state index in [-0.39, 0.29) is 5.56 Å². The SMILES string of the molecule is CC(O)(c1cn[nH]c1)C(F)(F)F. The highest BCUT2D eigenvalue weighted by Gasteiger charge is 2.51. The highest BCUT2D eigenvalue weighted by Crippen LogP contribution is 2.37. The van der Waals surface area contributed by atoms with Crippen LogP contribution in [0, 0.1) is 0 Å². The Morgan fingerprint density at radius 3 is 2.42 bits per heavy atom. The number of H-pyrrole nitrogens is 1. The van der Waals surface area contributed by atoms with Gasteiger partial charge in [-0.25, -0.2) is 0 Å². The smallest absolute Gasteiger partial charge is 0.376 e. The Labute approximate surface area is 66.2 Å². The Bertz CT molecular complexity index is 252. The van der Waals surface area contributed by atoms with Gasteiger partial charge in [0.2, 0.25) is 0 Å². The van der Waals surface area contributed by atoms with Gasteiger partial charge in [0.15, 0.2) is 5.60 Å². The normalized spacial score (nSPS) is 17.4. The first-order valence-corrected chi connectivity index (χ1v) is 3.14. The number of rotatable bonds is 1. The van der Waals surface area contributed by atoms with Gasteiger partial charge in [0.25, 0.3) is 0 Å². The van der Waals surface area contributed by atoms with E-state index in [1.54, 1.807) is 0 Å². The molecule has 0 aromatic carbocycles. The van der Waals surface area contributed by atoms with Crippen LogP contribution in [0.2, 0.25) is 0 Å². The fourth-order valence-corrected chi connectivity index (χ4v) is 0.681. The molecule has 0 amide bonds. The van der Waals surface area contributed by atoms with Gasteiger partial charge in [0.05, 0.1) is 6.20 Å². The van der Waals surface area contributed by atoms with E-state index < -0.39 is 11.8 Å². The van der Waals surface area contributed by atoms with Crippen molar-refractivity contribution in [3.8, 4) is 0 Å². The summed E-state index contributed by atoms with van der Waals surface area (Å²) in [4.78, 5) is 0. The number of nitrogens with zero attached hydrogens (tertiary/aromatic N) is 1. The van der Waals surface area contributed by atoms with Gasteiger partial charge in [-0.2, -0.15) is 18.3 Å². The van der Waals surface area contributed by atoms with Crippen molar-refractivity contribution in [2.24, 2.45) is 0 Å². The van der Waals surface area contributed by atoms with E-state index >= 15 is 0 Å². The summed E-state index contributed by atoms with van der Waals surface area (Å²) in [6.45, 7) is 0.678. The highest BCUT2D eigenvalue weighted by atomic mass is 19.4. The lowest BCUT2D eigenvalue weighted by Crippen LogP contribution is -2.38. The van der Waals surface area contributed by atoms with Crippen LogP contribution < -0.4 is 0 Å². The quantitative estimate of drug-likeness (QED) is 0.681. The van der Waals surface area contributed by atoms with Crippen molar-refractivity contribution >= 4 is 0 Å². The summed E-state index contributed by atoms with van der Waals surface area (Å²) in [6.07, 6.45) is -2.74. The van der Waals surface area contributed by atoms with Crippen molar-refractivity contribution in [2.75, 3.05) is 0 Å². The Morgan fingerprint density at radius 2 is 2.08 bits per heavy atom. The fraction of sp³-hybridized carbons (Fsp3) is 0.500. The molecule has 12 heavy (non-hydrogen) atoms. The van der Waals surface area contributed by atoms with Crippen LogP contribution >= 0.6 is 0 Å². The van der Waals surface area contributed by atoms with E-state index in [4.69, 9.17) is 5.11 Å². The molecule has 0 spiro atoms. The van der Waals surface area contributed by atoms with Gasteiger partial charge < -0.3 is 5.11 Å². The third kappa shape index (κ3) is 1.29. The van der Waals surface area contributed by atoms with Gasteiger partial charge in [-0.15, -0.1) is 0 Å². The first-order chi connectivity index (χ1) is 5.36. The van der Waals surface area contributed by atoms with Crippen LogP contribution in [0.3, 0.4) is 0 Å². The molecular weight excluding hydrogens is 173 g/mol. The Kier molecular flexibility index (Phi) is 1.87. The van der Waals surface area contributed by atoms with E-state index in [1.807, 2.05) is 0 Å². The van der Waals surface area contributed by atoms with Gasteiger partial charge in [-0.05, 0) is 6.92 Å². The number of alkyl halides is 3. The summed E-state index contributed by atoms with van der Waals surface area (Å²) in [5, 5.41) is 14.5. The molecular formula is C6H7F3N2O. The molecule has 0 aliphatic carbocycles. The number of hydrogen-bond donors (Lipinski definition) is 2. The summed E-state index contributed by atoms with van der Waals surface area (Å²) < 4.78 is 36.3. The highest BCUT2D eigenvalue weighted by molar-refractivity contribution is 5.15. The molecule has 0 bridgehead atoms. The second kappa shape index (κ2) is 2.48. The zero-order valence-electron chi connectivity index (χ0n) is 6.18. The summed E-state index contributed by atoms with van der Waals surface area (Å²) >= 11 is 0. The minimum Gasteiger partial charge on any atom is -0.376 e. The minimum atomic E-state index is -4.68. The second-order valence-corrected chi connectivity index (χ2v) is 2.56. The van der Waals surface area contributed by atoms with Gasteiger partial charge >= 0.3 is 6.18 Å². The van der Waals surface area contributed by atoms with Crippen LogP contribution in [0.15, 0.2) is 12.4 Å². The number of hydrogen-bond acceptors (Lipinski definition) is 2. The maximum Gasteiger partial charge on any atom is 0.421 e. The lowest BCUT2D eigenvalue weighted by molar-refractivity contribution is -0.258. The Balaban J connectivity index is 3.02. The molecule has 1 aromatic heterocycles. The molecule has 1 rings (SSSR count). The molecule has 68 valence electrons. The largest absolute Gasteiger partial charge is 0.421 e. The molecule has 0 saturated carbocycles. The first-order valence-electron chi connectivity index (χ1n) is 3.14. The van der Waals surface area contributed by atoms with Crippen molar-refractivity contribution in [2.45, 2.75) is 18.7 Å². The van der Waals surface area contributed by atoms with Crippen molar-refractivity contribution in [1.82, 2.24) is 10.2 Å². The number of aromatic amines is 1. The van der Waals surface area contributed by atoms with Crippen LogP contribution in [0.4, 0.5) is 13.2 Å². The Hall–Kier alpha value is -1.04. The summed E-state index contributed by atoms with van der Waals surface area (Å²) in [5.74, 6) is 0. The van der Waals surface area contributed by atoms with Crippen molar-refractivity contribution < 1.29 is 18.3 Å². The zero-order chi connectivity index (χ0) is 9.41. The predicted molar refractivity (Wildman–Crippen MR) is 34.2 cm³/mol. The Morgan fingerprint density at radius 1 is 1.50 bits per heavy atom. The molecule has 0 aliphatic heterocycles. The van der Waals surface area contributed by atoms with Gasteiger partial charge in [-0.1, -0.05) is 0 Å². The molecule has 1 atom stereocenters. The number of nitrogens with one attached hydrogen (secondary N) is 1. The third-order valence-corrected chi connectivity index (χ3v) is 1.61. The average Bonchev–Trinajstić information content (AvgIpc) is 2.34. The van der Waals surface area contributed by atoms with Gasteiger partial charge in [-0.3, -0.25) is 5.10 Å². The maximum atomic E-state index is 12.1. The lowest BCUT2D eigenvalue weighted by Gasteiger charge is -2.24. The molecule has 2 N–H and O–H groups in total. The number of halogens is 3. The predicted octanol–water partition coefficient (Wildman–Crippen LogP) is 1.18. The van der Waals surface area contributed by atoms with E-state index in [2.05, 4.69) is 10.2 Å².